The van der Waals surface area contributed by atoms with Crippen molar-refractivity contribution in [1.29, 1.82) is 0 Å². The van der Waals surface area contributed by atoms with E-state index in [0.717, 1.165) is 30.5 Å². The Hall–Kier alpha value is -3.04. The Labute approximate surface area is 190 Å². The van der Waals surface area contributed by atoms with Crippen LogP contribution < -0.4 is 20.7 Å². The first-order chi connectivity index (χ1) is 15.8. The second-order valence-corrected chi connectivity index (χ2v) is 8.22. The first-order valence-corrected chi connectivity index (χ1v) is 10.7. The van der Waals surface area contributed by atoms with Crippen LogP contribution in [0.25, 0.3) is 0 Å². The van der Waals surface area contributed by atoms with Crippen LogP contribution in [0.5, 0.6) is 5.75 Å². The van der Waals surface area contributed by atoms with Crippen LogP contribution in [0.1, 0.15) is 12.0 Å². The van der Waals surface area contributed by atoms with E-state index >= 15 is 0 Å². The minimum Gasteiger partial charge on any atom is -0.494 e. The summed E-state index contributed by atoms with van der Waals surface area (Å²) in [6.07, 6.45) is -3.80. The summed E-state index contributed by atoms with van der Waals surface area (Å²) < 4.78 is 52.2. The molecule has 3 N–H and O–H groups in total. The molecule has 33 heavy (non-hydrogen) atoms. The van der Waals surface area contributed by atoms with E-state index in [4.69, 9.17) is 15.2 Å². The summed E-state index contributed by atoms with van der Waals surface area (Å²) in [4.78, 5) is 6.25. The highest BCUT2D eigenvalue weighted by atomic mass is 19.4. The van der Waals surface area contributed by atoms with Gasteiger partial charge in [-0.2, -0.15) is 13.2 Å². The van der Waals surface area contributed by atoms with E-state index in [1.807, 2.05) is 24.3 Å². The first kappa shape index (κ1) is 23.1. The van der Waals surface area contributed by atoms with Crippen molar-refractivity contribution in [2.45, 2.75) is 24.6 Å². The predicted octanol–water partition coefficient (Wildman–Crippen LogP) is 4.13. The summed E-state index contributed by atoms with van der Waals surface area (Å²) in [6, 6.07) is 14.6. The quantitative estimate of drug-likeness (QED) is 0.702. The van der Waals surface area contributed by atoms with Crippen molar-refractivity contribution in [2.24, 2.45) is 10.7 Å². The molecule has 0 radical (unpaired) electrons. The van der Waals surface area contributed by atoms with Crippen LogP contribution in [0.2, 0.25) is 0 Å². The highest BCUT2D eigenvalue weighted by molar-refractivity contribution is 5.99. The molecule has 0 saturated carbocycles. The first-order valence-electron chi connectivity index (χ1n) is 10.7. The Balaban J connectivity index is 1.59. The Bertz CT molecular complexity index is 1030. The minimum absolute atomic E-state index is 0.0347. The van der Waals surface area contributed by atoms with E-state index in [2.05, 4.69) is 15.2 Å². The van der Waals surface area contributed by atoms with E-state index in [0.29, 0.717) is 30.5 Å². The molecule has 0 aliphatic carbocycles. The zero-order valence-corrected chi connectivity index (χ0v) is 18.4. The number of nitrogens with one attached hydrogen (secondary N) is 1. The number of halogens is 3. The standard InChI is InChI=1S/C24H27F3N4O2/c1-32-20-13-18(31-9-11-33-12-10-31)7-8-19(20)30-22-15-23(28,14-17-5-3-2-4-6-17)21(16-29-22)24(25,26)27/h2-8,13,16H,9-12,14-15,28H2,1H3,(H,29,30). The number of nitrogens with two attached hydrogens (primary N) is 1. The van der Waals surface area contributed by atoms with Gasteiger partial charge in [0.2, 0.25) is 0 Å². The SMILES string of the molecule is COc1cc(N2CCOCC2)ccc1NC1=NC=C(C(F)(F)F)C(N)(Cc2ccccc2)C1. The van der Waals surface area contributed by atoms with Gasteiger partial charge < -0.3 is 25.4 Å². The molecule has 2 aliphatic heterocycles. The lowest BCUT2D eigenvalue weighted by Gasteiger charge is -2.36. The van der Waals surface area contributed by atoms with Crippen molar-refractivity contribution in [2.75, 3.05) is 43.6 Å². The van der Waals surface area contributed by atoms with Crippen molar-refractivity contribution in [3.05, 3.63) is 65.9 Å². The Kier molecular flexibility index (Phi) is 6.62. The third kappa shape index (κ3) is 5.31. The van der Waals surface area contributed by atoms with Crippen molar-refractivity contribution in [3.8, 4) is 5.75 Å². The predicted molar refractivity (Wildman–Crippen MR) is 123 cm³/mol. The van der Waals surface area contributed by atoms with Gasteiger partial charge in [0.05, 0.1) is 37.1 Å². The number of anilines is 2. The Morgan fingerprint density at radius 3 is 2.55 bits per heavy atom. The molecule has 0 amide bonds. The second-order valence-electron chi connectivity index (χ2n) is 8.22. The third-order valence-corrected chi connectivity index (χ3v) is 5.88. The molecule has 2 aromatic carbocycles. The molecule has 0 bridgehead atoms. The monoisotopic (exact) mass is 460 g/mol. The summed E-state index contributed by atoms with van der Waals surface area (Å²) in [5, 5.41) is 3.13. The number of amidine groups is 1. The van der Waals surface area contributed by atoms with E-state index in [1.165, 1.54) is 0 Å². The van der Waals surface area contributed by atoms with Crippen molar-refractivity contribution < 1.29 is 22.6 Å². The number of aliphatic imine (C=N–C) groups is 1. The van der Waals surface area contributed by atoms with Gasteiger partial charge >= 0.3 is 6.18 Å². The number of hydrogen-bond acceptors (Lipinski definition) is 6. The number of rotatable bonds is 5. The van der Waals surface area contributed by atoms with Crippen LogP contribution in [0.15, 0.2) is 65.3 Å². The van der Waals surface area contributed by atoms with Gasteiger partial charge in [0.1, 0.15) is 11.6 Å². The van der Waals surface area contributed by atoms with Gasteiger partial charge in [-0.1, -0.05) is 30.3 Å². The lowest BCUT2D eigenvalue weighted by Crippen LogP contribution is -2.52. The topological polar surface area (TPSA) is 72.1 Å². The van der Waals surface area contributed by atoms with Crippen LogP contribution in [0.3, 0.4) is 0 Å². The fourth-order valence-electron chi connectivity index (χ4n) is 4.22. The van der Waals surface area contributed by atoms with Crippen molar-refractivity contribution in [3.63, 3.8) is 0 Å². The van der Waals surface area contributed by atoms with Gasteiger partial charge in [0.25, 0.3) is 0 Å². The summed E-state index contributed by atoms with van der Waals surface area (Å²) in [5.41, 5.74) is 6.24. The highest BCUT2D eigenvalue weighted by Crippen LogP contribution is 2.39. The summed E-state index contributed by atoms with van der Waals surface area (Å²) in [7, 11) is 1.55. The maximum atomic E-state index is 13.8. The van der Waals surface area contributed by atoms with Crippen molar-refractivity contribution in [1.82, 2.24) is 0 Å². The largest absolute Gasteiger partial charge is 0.494 e. The molecule has 1 saturated heterocycles. The van der Waals surface area contributed by atoms with Gasteiger partial charge in [-0.3, -0.25) is 0 Å². The summed E-state index contributed by atoms with van der Waals surface area (Å²) in [6.45, 7) is 2.88. The van der Waals surface area contributed by atoms with Gasteiger partial charge in [-0.05, 0) is 24.1 Å². The molecule has 1 fully saturated rings. The number of alkyl halides is 3. The van der Waals surface area contributed by atoms with Crippen LogP contribution in [-0.4, -0.2) is 51.0 Å². The van der Waals surface area contributed by atoms with Gasteiger partial charge in [-0.15, -0.1) is 0 Å². The molecule has 0 spiro atoms. The van der Waals surface area contributed by atoms with Gasteiger partial charge in [0.15, 0.2) is 0 Å². The van der Waals surface area contributed by atoms with Crippen LogP contribution >= 0.6 is 0 Å². The molecule has 1 unspecified atom stereocenters. The zero-order chi connectivity index (χ0) is 23.5. The fourth-order valence-corrected chi connectivity index (χ4v) is 4.22. The number of nitrogens with zero attached hydrogens (tertiary/aromatic N) is 2. The average molecular weight is 461 g/mol. The molecule has 0 aromatic heterocycles. The van der Waals surface area contributed by atoms with Gasteiger partial charge in [0, 0.05) is 37.5 Å². The van der Waals surface area contributed by atoms with Crippen LogP contribution in [0, 0.1) is 0 Å². The number of morpholine rings is 1. The smallest absolute Gasteiger partial charge is 0.415 e. The molecule has 2 aliphatic rings. The maximum absolute atomic E-state index is 13.8. The van der Waals surface area contributed by atoms with Crippen LogP contribution in [0.4, 0.5) is 24.5 Å². The molecule has 1 atom stereocenters. The normalized spacial score (nSPS) is 21.3. The summed E-state index contributed by atoms with van der Waals surface area (Å²) >= 11 is 0. The van der Waals surface area contributed by atoms with E-state index in [-0.39, 0.29) is 12.8 Å². The van der Waals surface area contributed by atoms with E-state index < -0.39 is 17.3 Å². The fraction of sp³-hybridized carbons (Fsp3) is 0.375. The lowest BCUT2D eigenvalue weighted by molar-refractivity contribution is -0.101. The molecule has 2 heterocycles. The molecular formula is C24H27F3N4O2. The van der Waals surface area contributed by atoms with Crippen LogP contribution in [-0.2, 0) is 11.2 Å². The zero-order valence-electron chi connectivity index (χ0n) is 18.4. The Morgan fingerprint density at radius 2 is 1.88 bits per heavy atom. The number of ether oxygens (including phenoxy) is 2. The molecule has 6 nitrogen and oxygen atoms in total. The minimum atomic E-state index is -4.57. The van der Waals surface area contributed by atoms with E-state index in [1.54, 1.807) is 31.4 Å². The van der Waals surface area contributed by atoms with Gasteiger partial charge in [-0.25, -0.2) is 4.99 Å². The van der Waals surface area contributed by atoms with E-state index in [9.17, 15) is 13.2 Å². The summed E-state index contributed by atoms with van der Waals surface area (Å²) in [5.74, 6) is 0.914. The second kappa shape index (κ2) is 9.44. The molecule has 9 heteroatoms. The highest BCUT2D eigenvalue weighted by Gasteiger charge is 2.48. The lowest BCUT2D eigenvalue weighted by atomic mass is 9.80. The Morgan fingerprint density at radius 1 is 1.15 bits per heavy atom. The number of methoxy groups -OCH3 is 1. The number of hydrogen-bond donors (Lipinski definition) is 2. The maximum Gasteiger partial charge on any atom is 0.415 e. The molecular weight excluding hydrogens is 433 g/mol. The molecule has 4 rings (SSSR count). The molecule has 2 aromatic rings. The third-order valence-electron chi connectivity index (χ3n) is 5.88. The average Bonchev–Trinajstić information content (AvgIpc) is 2.79. The molecule has 176 valence electrons. The number of benzene rings is 2. The van der Waals surface area contributed by atoms with Crippen molar-refractivity contribution >= 4 is 17.2 Å².